The van der Waals surface area contributed by atoms with Crippen molar-refractivity contribution in [3.05, 3.63) is 235 Å². The molecule has 0 saturated heterocycles. The summed E-state index contributed by atoms with van der Waals surface area (Å²) in [6, 6.07) is 77.1. The Morgan fingerprint density at radius 3 is 1.56 bits per heavy atom. The van der Waals surface area contributed by atoms with Gasteiger partial charge in [-0.15, -0.1) is 22.7 Å². The molecule has 0 N–H and O–H groups in total. The molecule has 70 heavy (non-hydrogen) atoms. The lowest BCUT2D eigenvalue weighted by molar-refractivity contribution is 0.669. The van der Waals surface area contributed by atoms with Gasteiger partial charge >= 0.3 is 0 Å². The Labute approximate surface area is 409 Å². The van der Waals surface area contributed by atoms with Crippen LogP contribution in [0.1, 0.15) is 22.3 Å². The van der Waals surface area contributed by atoms with Crippen molar-refractivity contribution in [3.63, 3.8) is 0 Å². The molecule has 324 valence electrons. The van der Waals surface area contributed by atoms with E-state index in [9.17, 15) is 0 Å². The number of hydrogen-bond donors (Lipinski definition) is 0. The molecule has 1 spiro atoms. The lowest BCUT2D eigenvalue weighted by atomic mass is 9.70. The van der Waals surface area contributed by atoms with E-state index in [-0.39, 0.29) is 5.41 Å². The van der Waals surface area contributed by atoms with Gasteiger partial charge in [0.25, 0.3) is 0 Å². The molecule has 2 aliphatic carbocycles. The highest BCUT2D eigenvalue weighted by Gasteiger charge is 2.51. The number of rotatable bonds is 4. The summed E-state index contributed by atoms with van der Waals surface area (Å²) < 4.78 is 11.5. The Balaban J connectivity index is 0.905. The van der Waals surface area contributed by atoms with Crippen LogP contribution in [0.25, 0.3) is 130 Å². The maximum absolute atomic E-state index is 6.70. The van der Waals surface area contributed by atoms with Gasteiger partial charge in [0.05, 0.1) is 5.41 Å². The average Bonchev–Trinajstić information content (AvgIpc) is 4.23. The quantitative estimate of drug-likeness (QED) is 0.176. The lowest BCUT2D eigenvalue weighted by Gasteiger charge is -2.30. The molecule has 0 amide bonds. The molecule has 0 fully saturated rings. The van der Waals surface area contributed by atoms with Crippen LogP contribution in [-0.2, 0) is 5.41 Å². The summed E-state index contributed by atoms with van der Waals surface area (Å²) in [5.74, 6) is 1.88. The van der Waals surface area contributed by atoms with Gasteiger partial charge in [-0.25, -0.2) is 15.0 Å². The molecular formula is C64H35N3OS2. The summed E-state index contributed by atoms with van der Waals surface area (Å²) in [6.45, 7) is 0. The third-order valence-corrected chi connectivity index (χ3v) is 17.3. The Kier molecular flexibility index (Phi) is 7.82. The summed E-state index contributed by atoms with van der Waals surface area (Å²) >= 11 is 3.59. The smallest absolute Gasteiger partial charge is 0.165 e. The third kappa shape index (κ3) is 5.16. The molecular weight excluding hydrogens is 891 g/mol. The van der Waals surface area contributed by atoms with Crippen molar-refractivity contribution in [3.8, 4) is 67.5 Å². The fourth-order valence-electron chi connectivity index (χ4n) is 12.1. The zero-order valence-corrected chi connectivity index (χ0v) is 38.9. The lowest BCUT2D eigenvalue weighted by Crippen LogP contribution is -2.25. The van der Waals surface area contributed by atoms with Crippen molar-refractivity contribution in [2.24, 2.45) is 0 Å². The monoisotopic (exact) mass is 925 g/mol. The van der Waals surface area contributed by atoms with Crippen molar-refractivity contribution in [1.29, 1.82) is 0 Å². The number of benzene rings is 10. The van der Waals surface area contributed by atoms with Gasteiger partial charge in [-0.3, -0.25) is 0 Å². The van der Waals surface area contributed by atoms with Gasteiger partial charge in [0, 0.05) is 67.8 Å². The van der Waals surface area contributed by atoms with E-state index < -0.39 is 0 Å². The summed E-state index contributed by atoms with van der Waals surface area (Å²) in [5.41, 5.74) is 16.9. The highest BCUT2D eigenvalue weighted by Crippen LogP contribution is 2.63. The first-order valence-electron chi connectivity index (χ1n) is 23.7. The summed E-state index contributed by atoms with van der Waals surface area (Å²) in [7, 11) is 0. The van der Waals surface area contributed by atoms with E-state index in [0.29, 0.717) is 17.5 Å². The highest BCUT2D eigenvalue weighted by atomic mass is 32.1. The van der Waals surface area contributed by atoms with Crippen molar-refractivity contribution in [2.45, 2.75) is 5.41 Å². The van der Waals surface area contributed by atoms with Crippen molar-refractivity contribution >= 4 is 85.0 Å². The number of furan rings is 1. The SMILES string of the molecule is c1ccc2c(c1)-c1ccccc1C21c2ccccc2-c2cc(-c3ccc4oc5cccc(-c6nc(-c7cccc8c7sc7ccccc78)nc(-c7cccc8sc9ccccc9c78)n6)c5c4c3)ccc21. The highest BCUT2D eigenvalue weighted by molar-refractivity contribution is 7.26. The van der Waals surface area contributed by atoms with E-state index in [1.807, 2.05) is 0 Å². The molecule has 0 saturated carbocycles. The van der Waals surface area contributed by atoms with Crippen LogP contribution in [0.2, 0.25) is 0 Å². The fourth-order valence-corrected chi connectivity index (χ4v) is 14.4. The maximum atomic E-state index is 6.70. The molecule has 6 heteroatoms. The van der Waals surface area contributed by atoms with Crippen LogP contribution in [0.3, 0.4) is 0 Å². The van der Waals surface area contributed by atoms with Crippen LogP contribution >= 0.6 is 22.7 Å². The number of hydrogen-bond acceptors (Lipinski definition) is 6. The van der Waals surface area contributed by atoms with E-state index in [4.69, 9.17) is 19.4 Å². The van der Waals surface area contributed by atoms with Gasteiger partial charge in [-0.2, -0.15) is 0 Å². The predicted octanol–water partition coefficient (Wildman–Crippen LogP) is 17.5. The van der Waals surface area contributed by atoms with E-state index in [2.05, 4.69) is 212 Å². The summed E-state index contributed by atoms with van der Waals surface area (Å²) in [5, 5.41) is 6.79. The third-order valence-electron chi connectivity index (χ3n) is 15.0. The normalized spacial score (nSPS) is 13.3. The number of thiophene rings is 2. The molecule has 4 nitrogen and oxygen atoms in total. The van der Waals surface area contributed by atoms with E-state index in [1.165, 1.54) is 74.8 Å². The molecule has 0 radical (unpaired) electrons. The minimum atomic E-state index is -0.385. The minimum Gasteiger partial charge on any atom is -0.456 e. The first kappa shape index (κ1) is 38.4. The average molecular weight is 926 g/mol. The summed E-state index contributed by atoms with van der Waals surface area (Å²) in [6.07, 6.45) is 0. The van der Waals surface area contributed by atoms with Crippen LogP contribution in [0.15, 0.2) is 217 Å². The standard InChI is InChI=1S/C64H35N3OS2/c1-6-23-49-38(14-1)39-15-2-7-24-50(39)64(49)51-25-8-3-16-40(51)47-34-36(30-32-52(47)64)37-31-33-53-48(35-37)58-44(20-12-26-54(58)68-53)61-65-62(45-21-13-29-57-59(45)43-18-5-10-28-56(43)69-57)67-63(66-61)46-22-11-19-42-41-17-4-9-27-55(41)70-60(42)46/h1-35H. The second kappa shape index (κ2) is 14.2. The molecule has 16 rings (SSSR count). The fraction of sp³-hybridized carbons (Fsp3) is 0.0156. The molecule has 0 aliphatic heterocycles. The Morgan fingerprint density at radius 1 is 0.314 bits per heavy atom. The van der Waals surface area contributed by atoms with Gasteiger partial charge in [0.2, 0.25) is 0 Å². The van der Waals surface area contributed by atoms with Crippen LogP contribution < -0.4 is 0 Å². The van der Waals surface area contributed by atoms with Crippen LogP contribution in [0.5, 0.6) is 0 Å². The molecule has 0 unspecified atom stereocenters. The Morgan fingerprint density at radius 2 is 0.814 bits per heavy atom. The molecule has 0 bridgehead atoms. The second-order valence-corrected chi connectivity index (χ2v) is 20.6. The largest absolute Gasteiger partial charge is 0.456 e. The van der Waals surface area contributed by atoms with Gasteiger partial charge in [-0.1, -0.05) is 164 Å². The molecule has 4 aromatic heterocycles. The van der Waals surface area contributed by atoms with Crippen LogP contribution in [0.4, 0.5) is 0 Å². The topological polar surface area (TPSA) is 51.8 Å². The van der Waals surface area contributed by atoms with Crippen LogP contribution in [0, 0.1) is 0 Å². The van der Waals surface area contributed by atoms with Gasteiger partial charge in [-0.05, 0) is 104 Å². The molecule has 4 heterocycles. The Hall–Kier alpha value is -8.55. The molecule has 14 aromatic rings. The van der Waals surface area contributed by atoms with E-state index in [1.54, 1.807) is 22.7 Å². The first-order chi connectivity index (χ1) is 34.7. The number of aromatic nitrogens is 3. The van der Waals surface area contributed by atoms with Crippen molar-refractivity contribution in [1.82, 2.24) is 15.0 Å². The van der Waals surface area contributed by atoms with Crippen LogP contribution in [-0.4, -0.2) is 15.0 Å². The number of fused-ring (bicyclic) bond motifs is 19. The van der Waals surface area contributed by atoms with E-state index in [0.717, 1.165) is 59.8 Å². The molecule has 10 aromatic carbocycles. The van der Waals surface area contributed by atoms with E-state index >= 15 is 0 Å². The van der Waals surface area contributed by atoms with Crippen molar-refractivity contribution in [2.75, 3.05) is 0 Å². The van der Waals surface area contributed by atoms with Crippen molar-refractivity contribution < 1.29 is 4.42 Å². The Bertz CT molecular complexity index is 4530. The zero-order valence-electron chi connectivity index (χ0n) is 37.3. The first-order valence-corrected chi connectivity index (χ1v) is 25.3. The second-order valence-electron chi connectivity index (χ2n) is 18.5. The summed E-state index contributed by atoms with van der Waals surface area (Å²) in [4.78, 5) is 16.3. The number of nitrogens with zero attached hydrogens (tertiary/aromatic N) is 3. The zero-order chi connectivity index (χ0) is 45.7. The van der Waals surface area contributed by atoms with Gasteiger partial charge in [0.15, 0.2) is 17.5 Å². The maximum Gasteiger partial charge on any atom is 0.165 e. The van der Waals surface area contributed by atoms with Gasteiger partial charge < -0.3 is 4.42 Å². The molecule has 0 atom stereocenters. The van der Waals surface area contributed by atoms with Gasteiger partial charge in [0.1, 0.15) is 11.2 Å². The molecule has 2 aliphatic rings. The predicted molar refractivity (Wildman–Crippen MR) is 291 cm³/mol. The minimum absolute atomic E-state index is 0.385.